The second kappa shape index (κ2) is 1.06. The van der Waals surface area contributed by atoms with E-state index < -0.39 is 0 Å². The fourth-order valence-electron chi connectivity index (χ4n) is 0.121. The summed E-state index contributed by atoms with van der Waals surface area (Å²) in [4.78, 5) is 0. The summed E-state index contributed by atoms with van der Waals surface area (Å²) in [5, 5.41) is 0. The van der Waals surface area contributed by atoms with Crippen molar-refractivity contribution in [2.45, 2.75) is 4.71 Å². The molecule has 0 saturated carbocycles. The second-order valence-electron chi connectivity index (χ2n) is 0.978. The Balaban J connectivity index is 2.20. The van der Waals surface area contributed by atoms with Gasteiger partial charge in [-0.25, -0.2) is 4.31 Å². The molecule has 2 atom stereocenters. The first-order valence-electron chi connectivity index (χ1n) is 1.38. The highest BCUT2D eigenvalue weighted by Gasteiger charge is 2.26. The van der Waals surface area contributed by atoms with Gasteiger partial charge in [-0.15, -0.1) is 12.6 Å². The Hall–Kier alpha value is 0.660. The molecule has 1 aliphatic rings. The molecule has 30 valence electrons. The Morgan fingerprint density at radius 2 is 2.20 bits per heavy atom. The number of nitrogens with zero attached hydrogens (tertiary/aromatic N) is 1. The Bertz CT molecular complexity index is 40.9. The maximum absolute atomic E-state index is 4.06. The zero-order valence-electron chi connectivity index (χ0n) is 2.88. The lowest BCUT2D eigenvalue weighted by Crippen LogP contribution is -1.80. The van der Waals surface area contributed by atoms with Crippen molar-refractivity contribution >= 4 is 24.6 Å². The third-order valence-electron chi connectivity index (χ3n) is 0.526. The molecule has 5 heavy (non-hydrogen) atoms. The molecule has 1 saturated heterocycles. The SMILES string of the molecule is CN1SC1S. The maximum Gasteiger partial charge on any atom is 0.123 e. The fourth-order valence-corrected chi connectivity index (χ4v) is 0.811. The Morgan fingerprint density at radius 1 is 2.00 bits per heavy atom. The van der Waals surface area contributed by atoms with Crippen molar-refractivity contribution in [2.75, 3.05) is 7.05 Å². The van der Waals surface area contributed by atoms with Gasteiger partial charge in [-0.1, -0.05) is 0 Å². The van der Waals surface area contributed by atoms with Crippen LogP contribution in [0.4, 0.5) is 0 Å². The van der Waals surface area contributed by atoms with Gasteiger partial charge in [0.1, 0.15) is 4.71 Å². The summed E-state index contributed by atoms with van der Waals surface area (Å²) in [6.45, 7) is 0. The standard InChI is InChI=1S/C2H5NS2/c1-3-2(4)5-3/h2,4H,1H3. The molecule has 1 nitrogen and oxygen atoms in total. The Morgan fingerprint density at radius 3 is 2.20 bits per heavy atom. The highest BCUT2D eigenvalue weighted by molar-refractivity contribution is 8.15. The summed E-state index contributed by atoms with van der Waals surface area (Å²) in [5.41, 5.74) is 0. The number of hydrogen-bond acceptors (Lipinski definition) is 3. The summed E-state index contributed by atoms with van der Waals surface area (Å²) < 4.78 is 2.57. The molecule has 0 aromatic rings. The lowest BCUT2D eigenvalue weighted by Gasteiger charge is -1.70. The first-order valence-corrected chi connectivity index (χ1v) is 2.73. The van der Waals surface area contributed by atoms with E-state index in [2.05, 4.69) is 16.9 Å². The van der Waals surface area contributed by atoms with Crippen LogP contribution >= 0.6 is 24.6 Å². The van der Waals surface area contributed by atoms with Crippen LogP contribution in [-0.4, -0.2) is 16.1 Å². The minimum Gasteiger partial charge on any atom is -0.228 e. The lowest BCUT2D eigenvalue weighted by molar-refractivity contribution is 0.758. The zero-order valence-corrected chi connectivity index (χ0v) is 4.59. The first kappa shape index (κ1) is 3.84. The van der Waals surface area contributed by atoms with Crippen LogP contribution in [0.15, 0.2) is 0 Å². The summed E-state index contributed by atoms with van der Waals surface area (Å²) in [5.74, 6) is 0. The molecule has 1 aliphatic heterocycles. The maximum atomic E-state index is 4.06. The molecule has 0 aromatic heterocycles. The molecule has 0 radical (unpaired) electrons. The predicted octanol–water partition coefficient (Wildman–Crippen LogP) is 0.793. The van der Waals surface area contributed by atoms with E-state index in [1.165, 1.54) is 0 Å². The number of rotatable bonds is 0. The van der Waals surface area contributed by atoms with Crippen molar-refractivity contribution in [3.63, 3.8) is 0 Å². The van der Waals surface area contributed by atoms with Gasteiger partial charge in [-0.3, -0.25) is 0 Å². The van der Waals surface area contributed by atoms with Crippen LogP contribution in [0.25, 0.3) is 0 Å². The molecule has 0 amide bonds. The lowest BCUT2D eigenvalue weighted by atomic mass is 11.3. The molecule has 2 unspecified atom stereocenters. The largest absolute Gasteiger partial charge is 0.228 e. The van der Waals surface area contributed by atoms with Crippen molar-refractivity contribution in [3.05, 3.63) is 0 Å². The summed E-state index contributed by atoms with van der Waals surface area (Å²) in [6.07, 6.45) is 0. The molecule has 0 spiro atoms. The predicted molar refractivity (Wildman–Crippen MR) is 28.1 cm³/mol. The molecule has 0 bridgehead atoms. The van der Waals surface area contributed by atoms with E-state index in [-0.39, 0.29) is 0 Å². The first-order chi connectivity index (χ1) is 2.30. The summed E-state index contributed by atoms with van der Waals surface area (Å²) >= 11 is 5.80. The Kier molecular flexibility index (Phi) is 0.816. The number of thiol groups is 1. The second-order valence-corrected chi connectivity index (χ2v) is 3.05. The average Bonchev–Trinajstić information content (AvgIpc) is 1.79. The Labute approximate surface area is 41.3 Å². The monoisotopic (exact) mass is 107 g/mol. The molecular weight excluding hydrogens is 102 g/mol. The van der Waals surface area contributed by atoms with Crippen LogP contribution in [0.1, 0.15) is 0 Å². The van der Waals surface area contributed by atoms with E-state index in [0.717, 1.165) is 0 Å². The van der Waals surface area contributed by atoms with E-state index >= 15 is 0 Å². The van der Waals surface area contributed by atoms with Gasteiger partial charge in [-0.05, 0) is 19.0 Å². The quantitative estimate of drug-likeness (QED) is 0.277. The molecule has 0 N–H and O–H groups in total. The van der Waals surface area contributed by atoms with Crippen LogP contribution in [-0.2, 0) is 0 Å². The summed E-state index contributed by atoms with van der Waals surface area (Å²) in [7, 11) is 2.02. The van der Waals surface area contributed by atoms with Crippen molar-refractivity contribution in [3.8, 4) is 0 Å². The minimum absolute atomic E-state index is 0.495. The topological polar surface area (TPSA) is 3.01 Å². The van der Waals surface area contributed by atoms with Crippen LogP contribution in [0, 0.1) is 0 Å². The average molecular weight is 107 g/mol. The van der Waals surface area contributed by atoms with Gasteiger partial charge < -0.3 is 0 Å². The van der Waals surface area contributed by atoms with Gasteiger partial charge in [0.2, 0.25) is 0 Å². The molecule has 0 aliphatic carbocycles. The van der Waals surface area contributed by atoms with Crippen molar-refractivity contribution in [1.82, 2.24) is 4.31 Å². The summed E-state index contributed by atoms with van der Waals surface area (Å²) in [6, 6.07) is 0. The smallest absolute Gasteiger partial charge is 0.123 e. The van der Waals surface area contributed by atoms with Crippen LogP contribution in [0.2, 0.25) is 0 Å². The van der Waals surface area contributed by atoms with Gasteiger partial charge in [0, 0.05) is 0 Å². The van der Waals surface area contributed by atoms with E-state index in [1.54, 1.807) is 11.9 Å². The fraction of sp³-hybridized carbons (Fsp3) is 1.00. The third kappa shape index (κ3) is 0.743. The van der Waals surface area contributed by atoms with Gasteiger partial charge >= 0.3 is 0 Å². The molecule has 1 heterocycles. The molecule has 1 rings (SSSR count). The van der Waals surface area contributed by atoms with Crippen molar-refractivity contribution in [1.29, 1.82) is 0 Å². The van der Waals surface area contributed by atoms with Gasteiger partial charge in [0.25, 0.3) is 0 Å². The van der Waals surface area contributed by atoms with Crippen molar-refractivity contribution in [2.24, 2.45) is 0 Å². The van der Waals surface area contributed by atoms with E-state index in [9.17, 15) is 0 Å². The van der Waals surface area contributed by atoms with Crippen LogP contribution in [0.5, 0.6) is 0 Å². The molecular formula is C2H5NS2. The number of hydrogen-bond donors (Lipinski definition) is 1. The molecule has 0 aromatic carbocycles. The zero-order chi connectivity index (χ0) is 3.86. The van der Waals surface area contributed by atoms with E-state index in [0.29, 0.717) is 4.71 Å². The minimum atomic E-state index is 0.495. The van der Waals surface area contributed by atoms with E-state index in [4.69, 9.17) is 0 Å². The highest BCUT2D eigenvalue weighted by atomic mass is 32.2. The van der Waals surface area contributed by atoms with Gasteiger partial charge in [0.05, 0.1) is 0 Å². The normalized spacial score (nSPS) is 49.2. The molecule has 1 fully saturated rings. The van der Waals surface area contributed by atoms with E-state index in [1.807, 2.05) is 7.05 Å². The highest BCUT2D eigenvalue weighted by Crippen LogP contribution is 2.38. The van der Waals surface area contributed by atoms with Crippen LogP contribution in [0.3, 0.4) is 0 Å². The van der Waals surface area contributed by atoms with Gasteiger partial charge in [0.15, 0.2) is 0 Å². The van der Waals surface area contributed by atoms with Crippen LogP contribution < -0.4 is 0 Å². The molecule has 3 heteroatoms. The van der Waals surface area contributed by atoms with Gasteiger partial charge in [-0.2, -0.15) is 0 Å². The third-order valence-corrected chi connectivity index (χ3v) is 2.14. The van der Waals surface area contributed by atoms with Crippen molar-refractivity contribution < 1.29 is 0 Å².